The fourth-order valence-corrected chi connectivity index (χ4v) is 2.66. The predicted octanol–water partition coefficient (Wildman–Crippen LogP) is 4.15. The van der Waals surface area contributed by atoms with Gasteiger partial charge in [-0.2, -0.15) is 0 Å². The van der Waals surface area contributed by atoms with E-state index in [0.29, 0.717) is 18.1 Å². The zero-order valence-electron chi connectivity index (χ0n) is 12.4. The Labute approximate surface area is 133 Å². The van der Waals surface area contributed by atoms with E-state index in [1.807, 2.05) is 6.07 Å². The van der Waals surface area contributed by atoms with Crippen molar-refractivity contribution in [3.63, 3.8) is 0 Å². The van der Waals surface area contributed by atoms with Crippen LogP contribution in [0.4, 0.5) is 0 Å². The first-order valence-corrected chi connectivity index (χ1v) is 7.50. The fraction of sp³-hybridized carbons (Fsp3) is 0.294. The summed E-state index contributed by atoms with van der Waals surface area (Å²) < 4.78 is 12.0. The van der Waals surface area contributed by atoms with Crippen LogP contribution in [0, 0.1) is 13.8 Å². The molecule has 0 atom stereocenters. The number of ether oxygens (including phenoxy) is 2. The van der Waals surface area contributed by atoms with Crippen molar-refractivity contribution < 1.29 is 14.6 Å². The molecule has 3 nitrogen and oxygen atoms in total. The number of hydrogen-bond donors (Lipinski definition) is 1. The summed E-state index contributed by atoms with van der Waals surface area (Å²) in [6.45, 7) is 4.61. The fourth-order valence-electron chi connectivity index (χ4n) is 2.05. The van der Waals surface area contributed by atoms with E-state index in [1.165, 1.54) is 11.1 Å². The number of halogens is 1. The number of aliphatic hydroxyl groups is 1. The van der Waals surface area contributed by atoms with Crippen LogP contribution >= 0.6 is 15.9 Å². The second kappa shape index (κ2) is 6.96. The Morgan fingerprint density at radius 3 is 2.43 bits per heavy atom. The maximum atomic E-state index is 9.22. The molecule has 0 aliphatic heterocycles. The molecule has 2 aromatic rings. The quantitative estimate of drug-likeness (QED) is 0.880. The molecule has 4 heteroatoms. The van der Waals surface area contributed by atoms with Gasteiger partial charge < -0.3 is 14.6 Å². The Bertz CT molecular complexity index is 638. The summed E-state index contributed by atoms with van der Waals surface area (Å²) in [6.07, 6.45) is 0. The Balaban J connectivity index is 2.21. The first-order chi connectivity index (χ1) is 10.0. The van der Waals surface area contributed by atoms with E-state index < -0.39 is 0 Å². The molecule has 0 unspecified atom stereocenters. The summed E-state index contributed by atoms with van der Waals surface area (Å²) >= 11 is 3.46. The molecular formula is C17H19BrO3. The number of aryl methyl sites for hydroxylation is 2. The van der Waals surface area contributed by atoms with Crippen molar-refractivity contribution >= 4 is 15.9 Å². The molecule has 0 saturated heterocycles. The molecule has 112 valence electrons. The second-order valence-electron chi connectivity index (χ2n) is 4.97. The standard InChI is InChI=1S/C17H19BrO3/c1-11-4-5-13(6-12(11)2)10-21-17-15(18)7-14(9-19)8-16(17)20-3/h4-8,19H,9-10H2,1-3H3. The summed E-state index contributed by atoms with van der Waals surface area (Å²) in [4.78, 5) is 0. The summed E-state index contributed by atoms with van der Waals surface area (Å²) in [5, 5.41) is 9.22. The van der Waals surface area contributed by atoms with Crippen molar-refractivity contribution in [1.29, 1.82) is 0 Å². The molecule has 0 amide bonds. The highest BCUT2D eigenvalue weighted by Crippen LogP contribution is 2.37. The van der Waals surface area contributed by atoms with Crippen molar-refractivity contribution in [3.8, 4) is 11.5 Å². The van der Waals surface area contributed by atoms with Crippen LogP contribution in [0.25, 0.3) is 0 Å². The summed E-state index contributed by atoms with van der Waals surface area (Å²) in [5.41, 5.74) is 4.40. The third kappa shape index (κ3) is 3.77. The minimum atomic E-state index is -0.0353. The molecular weight excluding hydrogens is 332 g/mol. The molecule has 2 aromatic carbocycles. The minimum Gasteiger partial charge on any atom is -0.493 e. The Kier molecular flexibility index (Phi) is 5.26. The molecule has 1 N–H and O–H groups in total. The van der Waals surface area contributed by atoms with E-state index in [2.05, 4.69) is 48.0 Å². The smallest absolute Gasteiger partial charge is 0.175 e. The van der Waals surface area contributed by atoms with Crippen LogP contribution in [0.2, 0.25) is 0 Å². The first kappa shape index (κ1) is 15.9. The SMILES string of the molecule is COc1cc(CO)cc(Br)c1OCc1ccc(C)c(C)c1. The highest BCUT2D eigenvalue weighted by molar-refractivity contribution is 9.10. The zero-order chi connectivity index (χ0) is 15.4. The van der Waals surface area contributed by atoms with Gasteiger partial charge in [0, 0.05) is 0 Å². The molecule has 0 aliphatic rings. The van der Waals surface area contributed by atoms with Crippen molar-refractivity contribution in [2.45, 2.75) is 27.1 Å². The Hall–Kier alpha value is -1.52. The third-order valence-electron chi connectivity index (χ3n) is 3.43. The van der Waals surface area contributed by atoms with Crippen LogP contribution < -0.4 is 9.47 Å². The van der Waals surface area contributed by atoms with Crippen molar-refractivity contribution in [3.05, 3.63) is 57.1 Å². The zero-order valence-corrected chi connectivity index (χ0v) is 14.0. The van der Waals surface area contributed by atoms with Gasteiger partial charge in [-0.15, -0.1) is 0 Å². The lowest BCUT2D eigenvalue weighted by Gasteiger charge is -2.14. The van der Waals surface area contributed by atoms with E-state index in [4.69, 9.17) is 9.47 Å². The maximum absolute atomic E-state index is 9.22. The maximum Gasteiger partial charge on any atom is 0.175 e. The Morgan fingerprint density at radius 1 is 1.05 bits per heavy atom. The molecule has 0 aromatic heterocycles. The number of hydrogen-bond acceptors (Lipinski definition) is 3. The number of rotatable bonds is 5. The van der Waals surface area contributed by atoms with E-state index in [0.717, 1.165) is 15.6 Å². The van der Waals surface area contributed by atoms with Gasteiger partial charge in [-0.05, 0) is 64.2 Å². The lowest BCUT2D eigenvalue weighted by atomic mass is 10.1. The number of benzene rings is 2. The van der Waals surface area contributed by atoms with Crippen LogP contribution in [0.3, 0.4) is 0 Å². The second-order valence-corrected chi connectivity index (χ2v) is 5.83. The van der Waals surface area contributed by atoms with Gasteiger partial charge in [-0.1, -0.05) is 18.2 Å². The predicted molar refractivity (Wildman–Crippen MR) is 86.9 cm³/mol. The summed E-state index contributed by atoms with van der Waals surface area (Å²) in [5.74, 6) is 1.25. The van der Waals surface area contributed by atoms with Gasteiger partial charge in [0.2, 0.25) is 0 Å². The highest BCUT2D eigenvalue weighted by Gasteiger charge is 2.12. The third-order valence-corrected chi connectivity index (χ3v) is 4.02. The lowest BCUT2D eigenvalue weighted by Crippen LogP contribution is -2.00. The highest BCUT2D eigenvalue weighted by atomic mass is 79.9. The molecule has 0 aliphatic carbocycles. The first-order valence-electron chi connectivity index (χ1n) is 6.71. The van der Waals surface area contributed by atoms with Crippen molar-refractivity contribution in [2.24, 2.45) is 0 Å². The van der Waals surface area contributed by atoms with E-state index >= 15 is 0 Å². The van der Waals surface area contributed by atoms with Crippen LogP contribution in [-0.4, -0.2) is 12.2 Å². The monoisotopic (exact) mass is 350 g/mol. The average molecular weight is 351 g/mol. The molecule has 0 radical (unpaired) electrons. The summed E-state index contributed by atoms with van der Waals surface area (Å²) in [6, 6.07) is 9.89. The molecule has 0 spiro atoms. The number of aliphatic hydroxyl groups excluding tert-OH is 1. The van der Waals surface area contributed by atoms with Crippen molar-refractivity contribution in [1.82, 2.24) is 0 Å². The van der Waals surface area contributed by atoms with E-state index in [-0.39, 0.29) is 6.61 Å². The van der Waals surface area contributed by atoms with Gasteiger partial charge in [-0.25, -0.2) is 0 Å². The van der Waals surface area contributed by atoms with Gasteiger partial charge in [-0.3, -0.25) is 0 Å². The molecule has 0 bridgehead atoms. The molecule has 21 heavy (non-hydrogen) atoms. The van der Waals surface area contributed by atoms with Gasteiger partial charge in [0.25, 0.3) is 0 Å². The van der Waals surface area contributed by atoms with Gasteiger partial charge >= 0.3 is 0 Å². The number of methoxy groups -OCH3 is 1. The topological polar surface area (TPSA) is 38.7 Å². The van der Waals surface area contributed by atoms with Crippen LogP contribution in [0.1, 0.15) is 22.3 Å². The van der Waals surface area contributed by atoms with Crippen molar-refractivity contribution in [2.75, 3.05) is 7.11 Å². The molecule has 2 rings (SSSR count). The normalized spacial score (nSPS) is 10.5. The van der Waals surface area contributed by atoms with E-state index in [1.54, 1.807) is 13.2 Å². The largest absolute Gasteiger partial charge is 0.493 e. The Morgan fingerprint density at radius 2 is 1.81 bits per heavy atom. The van der Waals surface area contributed by atoms with Crippen LogP contribution in [0.15, 0.2) is 34.8 Å². The van der Waals surface area contributed by atoms with E-state index in [9.17, 15) is 5.11 Å². The van der Waals surface area contributed by atoms with Crippen LogP contribution in [-0.2, 0) is 13.2 Å². The van der Waals surface area contributed by atoms with Gasteiger partial charge in [0.05, 0.1) is 18.2 Å². The minimum absolute atomic E-state index is 0.0353. The summed E-state index contributed by atoms with van der Waals surface area (Å²) in [7, 11) is 1.59. The average Bonchev–Trinajstić information content (AvgIpc) is 2.48. The van der Waals surface area contributed by atoms with Gasteiger partial charge in [0.15, 0.2) is 11.5 Å². The molecule has 0 heterocycles. The molecule has 0 saturated carbocycles. The lowest BCUT2D eigenvalue weighted by molar-refractivity contribution is 0.273. The van der Waals surface area contributed by atoms with Gasteiger partial charge in [0.1, 0.15) is 6.61 Å². The molecule has 0 fully saturated rings. The van der Waals surface area contributed by atoms with Crippen LogP contribution in [0.5, 0.6) is 11.5 Å².